The highest BCUT2D eigenvalue weighted by molar-refractivity contribution is 5.76. The Morgan fingerprint density at radius 1 is 1.17 bits per heavy atom. The van der Waals surface area contributed by atoms with E-state index >= 15 is 0 Å². The van der Waals surface area contributed by atoms with Gasteiger partial charge in [0.1, 0.15) is 6.04 Å². The third-order valence-corrected chi connectivity index (χ3v) is 4.46. The molecule has 1 unspecified atom stereocenters. The Labute approximate surface area is 145 Å². The van der Waals surface area contributed by atoms with Gasteiger partial charge in [0.2, 0.25) is 5.91 Å². The van der Waals surface area contributed by atoms with Crippen molar-refractivity contribution in [1.82, 2.24) is 9.80 Å². The highest BCUT2D eigenvalue weighted by atomic mass is 16.2. The van der Waals surface area contributed by atoms with Crippen LogP contribution in [-0.4, -0.2) is 56.0 Å². The fourth-order valence-corrected chi connectivity index (χ4v) is 3.03. The first-order chi connectivity index (χ1) is 11.4. The molecule has 1 aliphatic rings. The molecule has 1 atom stereocenters. The van der Waals surface area contributed by atoms with Crippen LogP contribution in [0.15, 0.2) is 24.3 Å². The van der Waals surface area contributed by atoms with E-state index in [1.165, 1.54) is 0 Å². The Morgan fingerprint density at radius 2 is 1.75 bits per heavy atom. The lowest BCUT2D eigenvalue weighted by atomic mass is 10.0. The lowest BCUT2D eigenvalue weighted by molar-refractivity contribution is -0.133. The maximum absolute atomic E-state index is 12.2. The smallest absolute Gasteiger partial charge is 0.222 e. The highest BCUT2D eigenvalue weighted by Gasteiger charge is 2.27. The standard InChI is InChI=1S/C19H28N4O/c1-15(2)13-19(24)23-11-9-22(10-12-23)18(14-20)16-5-7-17(8-6-16)21(3)4/h5-8,15,18H,9-13H2,1-4H3. The van der Waals surface area contributed by atoms with Gasteiger partial charge in [0.25, 0.3) is 0 Å². The van der Waals surface area contributed by atoms with E-state index < -0.39 is 0 Å². The van der Waals surface area contributed by atoms with Crippen molar-refractivity contribution in [3.8, 4) is 6.07 Å². The molecule has 0 bridgehead atoms. The second kappa shape index (κ2) is 8.16. The Balaban J connectivity index is 1.98. The summed E-state index contributed by atoms with van der Waals surface area (Å²) in [6, 6.07) is 10.3. The molecule has 0 N–H and O–H groups in total. The number of carbonyl (C=O) groups excluding carboxylic acids is 1. The van der Waals surface area contributed by atoms with Crippen molar-refractivity contribution >= 4 is 11.6 Å². The molecule has 1 saturated heterocycles. The molecule has 0 aliphatic carbocycles. The van der Waals surface area contributed by atoms with Crippen LogP contribution in [0.3, 0.4) is 0 Å². The molecule has 5 heteroatoms. The number of rotatable bonds is 5. The summed E-state index contributed by atoms with van der Waals surface area (Å²) in [5.74, 6) is 0.617. The van der Waals surface area contributed by atoms with Crippen molar-refractivity contribution in [3.63, 3.8) is 0 Å². The second-order valence-electron chi connectivity index (χ2n) is 7.03. The molecule has 1 heterocycles. The van der Waals surface area contributed by atoms with Crippen LogP contribution in [0.1, 0.15) is 31.9 Å². The Morgan fingerprint density at radius 3 is 2.21 bits per heavy atom. The van der Waals surface area contributed by atoms with E-state index in [0.29, 0.717) is 25.4 Å². The SMILES string of the molecule is CC(C)CC(=O)N1CCN(C(C#N)c2ccc(N(C)C)cc2)CC1. The summed E-state index contributed by atoms with van der Waals surface area (Å²) < 4.78 is 0. The van der Waals surface area contributed by atoms with Crippen LogP contribution in [0.2, 0.25) is 0 Å². The van der Waals surface area contributed by atoms with E-state index in [9.17, 15) is 10.1 Å². The summed E-state index contributed by atoms with van der Waals surface area (Å²) in [6.45, 7) is 7.04. The van der Waals surface area contributed by atoms with E-state index in [1.807, 2.05) is 48.2 Å². The Kier molecular flexibility index (Phi) is 6.22. The van der Waals surface area contributed by atoms with Crippen molar-refractivity contribution in [2.45, 2.75) is 26.3 Å². The average molecular weight is 328 g/mol. The van der Waals surface area contributed by atoms with Crippen LogP contribution in [0.4, 0.5) is 5.69 Å². The van der Waals surface area contributed by atoms with E-state index in [0.717, 1.165) is 24.3 Å². The van der Waals surface area contributed by atoms with Crippen molar-refractivity contribution in [1.29, 1.82) is 5.26 Å². The highest BCUT2D eigenvalue weighted by Crippen LogP contribution is 2.24. The summed E-state index contributed by atoms with van der Waals surface area (Å²) in [5, 5.41) is 9.62. The lowest BCUT2D eigenvalue weighted by Crippen LogP contribution is -2.49. The molecule has 5 nitrogen and oxygen atoms in total. The zero-order valence-electron chi connectivity index (χ0n) is 15.2. The van der Waals surface area contributed by atoms with Crippen LogP contribution in [0.25, 0.3) is 0 Å². The maximum atomic E-state index is 12.2. The van der Waals surface area contributed by atoms with Crippen molar-refractivity contribution in [2.75, 3.05) is 45.2 Å². The normalized spacial score (nSPS) is 16.8. The zero-order chi connectivity index (χ0) is 17.7. The summed E-state index contributed by atoms with van der Waals surface area (Å²) in [5.41, 5.74) is 2.14. The van der Waals surface area contributed by atoms with Crippen LogP contribution in [0.5, 0.6) is 0 Å². The second-order valence-corrected chi connectivity index (χ2v) is 7.03. The van der Waals surface area contributed by atoms with Gasteiger partial charge in [-0.1, -0.05) is 26.0 Å². The molecule has 0 radical (unpaired) electrons. The van der Waals surface area contributed by atoms with Crippen molar-refractivity contribution in [2.24, 2.45) is 5.92 Å². The summed E-state index contributed by atoms with van der Waals surface area (Å²) in [4.78, 5) is 18.3. The van der Waals surface area contributed by atoms with Crippen LogP contribution < -0.4 is 4.90 Å². The number of hydrogen-bond donors (Lipinski definition) is 0. The van der Waals surface area contributed by atoms with Gasteiger partial charge < -0.3 is 9.80 Å². The van der Waals surface area contributed by atoms with Gasteiger partial charge >= 0.3 is 0 Å². The van der Waals surface area contributed by atoms with Gasteiger partial charge in [-0.2, -0.15) is 5.26 Å². The molecule has 2 rings (SSSR count). The average Bonchev–Trinajstić information content (AvgIpc) is 2.56. The molecule has 1 fully saturated rings. The largest absolute Gasteiger partial charge is 0.378 e. The first-order valence-corrected chi connectivity index (χ1v) is 8.61. The minimum Gasteiger partial charge on any atom is -0.378 e. The molecule has 130 valence electrons. The molecule has 1 aromatic carbocycles. The molecule has 0 spiro atoms. The van der Waals surface area contributed by atoms with E-state index in [1.54, 1.807) is 0 Å². The Hall–Kier alpha value is -2.06. The number of hydrogen-bond acceptors (Lipinski definition) is 4. The monoisotopic (exact) mass is 328 g/mol. The van der Waals surface area contributed by atoms with Crippen LogP contribution in [-0.2, 0) is 4.79 Å². The summed E-state index contributed by atoms with van der Waals surface area (Å²) in [6.07, 6.45) is 0.605. The number of carbonyl (C=O) groups is 1. The maximum Gasteiger partial charge on any atom is 0.222 e. The van der Waals surface area contributed by atoms with E-state index in [2.05, 4.69) is 24.8 Å². The number of nitrogens with zero attached hydrogens (tertiary/aromatic N) is 4. The molecule has 1 amide bonds. The number of nitriles is 1. The van der Waals surface area contributed by atoms with Gasteiger partial charge in [-0.15, -0.1) is 0 Å². The summed E-state index contributed by atoms with van der Waals surface area (Å²) >= 11 is 0. The number of benzene rings is 1. The van der Waals surface area contributed by atoms with Gasteiger partial charge in [-0.3, -0.25) is 9.69 Å². The first kappa shape index (κ1) is 18.3. The third kappa shape index (κ3) is 4.48. The van der Waals surface area contributed by atoms with Gasteiger partial charge in [-0.05, 0) is 23.6 Å². The van der Waals surface area contributed by atoms with Crippen LogP contribution in [0, 0.1) is 17.2 Å². The minimum atomic E-state index is -0.247. The molecule has 24 heavy (non-hydrogen) atoms. The topological polar surface area (TPSA) is 50.6 Å². The molecular formula is C19H28N4O. The summed E-state index contributed by atoms with van der Waals surface area (Å²) in [7, 11) is 4.01. The number of anilines is 1. The molecular weight excluding hydrogens is 300 g/mol. The van der Waals surface area contributed by atoms with Gasteiger partial charge in [0, 0.05) is 52.4 Å². The minimum absolute atomic E-state index is 0.230. The predicted octanol–water partition coefficient (Wildman–Crippen LogP) is 2.51. The molecule has 1 aliphatic heterocycles. The number of piperazine rings is 1. The van der Waals surface area contributed by atoms with Crippen LogP contribution >= 0.6 is 0 Å². The molecule has 0 saturated carbocycles. The van der Waals surface area contributed by atoms with Gasteiger partial charge in [0.05, 0.1) is 6.07 Å². The van der Waals surface area contributed by atoms with Gasteiger partial charge in [-0.25, -0.2) is 0 Å². The number of amides is 1. The lowest BCUT2D eigenvalue weighted by Gasteiger charge is -2.37. The van der Waals surface area contributed by atoms with Crippen molar-refractivity contribution in [3.05, 3.63) is 29.8 Å². The molecule has 1 aromatic rings. The van der Waals surface area contributed by atoms with E-state index in [-0.39, 0.29) is 11.9 Å². The van der Waals surface area contributed by atoms with E-state index in [4.69, 9.17) is 0 Å². The molecule has 0 aromatic heterocycles. The predicted molar refractivity (Wildman–Crippen MR) is 96.7 cm³/mol. The first-order valence-electron chi connectivity index (χ1n) is 8.61. The zero-order valence-corrected chi connectivity index (χ0v) is 15.2. The Bertz CT molecular complexity index is 580. The van der Waals surface area contributed by atoms with Crippen molar-refractivity contribution < 1.29 is 4.79 Å². The fraction of sp³-hybridized carbons (Fsp3) is 0.579. The van der Waals surface area contributed by atoms with Gasteiger partial charge in [0.15, 0.2) is 0 Å². The fourth-order valence-electron chi connectivity index (χ4n) is 3.03. The quantitative estimate of drug-likeness (QED) is 0.833. The third-order valence-electron chi connectivity index (χ3n) is 4.46.